The van der Waals surface area contributed by atoms with E-state index in [2.05, 4.69) is 5.10 Å². The molecule has 0 fully saturated rings. The summed E-state index contributed by atoms with van der Waals surface area (Å²) in [5.74, 6) is 1.24. The van der Waals surface area contributed by atoms with Crippen molar-refractivity contribution in [3.05, 3.63) is 58.3 Å². The Hall–Kier alpha value is -2.89. The highest BCUT2D eigenvalue weighted by atomic mass is 16.6. The van der Waals surface area contributed by atoms with E-state index in [9.17, 15) is 10.1 Å². The number of hydrogen-bond donors (Lipinski definition) is 0. The van der Waals surface area contributed by atoms with E-state index in [4.69, 9.17) is 4.74 Å². The van der Waals surface area contributed by atoms with Gasteiger partial charge in [0.05, 0.1) is 10.4 Å². The molecule has 0 amide bonds. The normalized spacial score (nSPS) is 10.8. The first-order chi connectivity index (χ1) is 10.0. The van der Waals surface area contributed by atoms with Crippen LogP contribution in [0, 0.1) is 17.0 Å². The molecular weight excluding hydrogens is 270 g/mol. The molecule has 1 heterocycles. The molecule has 0 bridgehead atoms. The maximum Gasteiger partial charge on any atom is 0.269 e. The highest BCUT2D eigenvalue weighted by Crippen LogP contribution is 2.29. The Morgan fingerprint density at radius 3 is 2.76 bits per heavy atom. The molecule has 106 valence electrons. The highest BCUT2D eigenvalue weighted by molar-refractivity contribution is 5.79. The molecule has 0 aliphatic carbocycles. The summed E-state index contributed by atoms with van der Waals surface area (Å²) in [7, 11) is 1.86. The lowest BCUT2D eigenvalue weighted by molar-refractivity contribution is -0.384. The molecule has 1 aromatic heterocycles. The summed E-state index contributed by atoms with van der Waals surface area (Å²) >= 11 is 0. The standard InChI is InChI=1S/C15H13N3O3/c1-10-7-12(18(19)20)4-6-15(10)21-13-5-3-11-9-17(2)16-14(11)8-13/h3-9H,1-2H3. The van der Waals surface area contributed by atoms with Gasteiger partial charge in [-0.25, -0.2) is 0 Å². The highest BCUT2D eigenvalue weighted by Gasteiger charge is 2.10. The third-order valence-corrected chi connectivity index (χ3v) is 3.19. The molecule has 0 radical (unpaired) electrons. The zero-order valence-electron chi connectivity index (χ0n) is 11.6. The van der Waals surface area contributed by atoms with Crippen molar-refractivity contribution in [1.29, 1.82) is 0 Å². The molecule has 0 aliphatic rings. The molecule has 0 unspecified atom stereocenters. The molecule has 0 saturated heterocycles. The van der Waals surface area contributed by atoms with Gasteiger partial charge in [-0.2, -0.15) is 5.10 Å². The number of benzene rings is 2. The van der Waals surface area contributed by atoms with Gasteiger partial charge in [0.2, 0.25) is 0 Å². The van der Waals surface area contributed by atoms with Crippen LogP contribution in [0.4, 0.5) is 5.69 Å². The fourth-order valence-corrected chi connectivity index (χ4v) is 2.17. The first-order valence-electron chi connectivity index (χ1n) is 6.39. The van der Waals surface area contributed by atoms with E-state index in [1.165, 1.54) is 12.1 Å². The number of non-ortho nitro benzene ring substituents is 1. The number of aryl methyl sites for hydroxylation is 2. The van der Waals surface area contributed by atoms with Gasteiger partial charge in [0.1, 0.15) is 11.5 Å². The van der Waals surface area contributed by atoms with Gasteiger partial charge in [-0.05, 0) is 30.7 Å². The van der Waals surface area contributed by atoms with E-state index in [1.54, 1.807) is 17.7 Å². The third kappa shape index (κ3) is 2.55. The number of fused-ring (bicyclic) bond motifs is 1. The summed E-state index contributed by atoms with van der Waals surface area (Å²) in [4.78, 5) is 10.3. The minimum Gasteiger partial charge on any atom is -0.457 e. The van der Waals surface area contributed by atoms with Gasteiger partial charge in [0, 0.05) is 36.8 Å². The average molecular weight is 283 g/mol. The predicted octanol–water partition coefficient (Wildman–Crippen LogP) is 3.58. The van der Waals surface area contributed by atoms with Gasteiger partial charge in [-0.3, -0.25) is 14.8 Å². The van der Waals surface area contributed by atoms with E-state index in [-0.39, 0.29) is 5.69 Å². The van der Waals surface area contributed by atoms with Crippen LogP contribution in [-0.4, -0.2) is 14.7 Å². The van der Waals surface area contributed by atoms with Gasteiger partial charge < -0.3 is 4.74 Å². The summed E-state index contributed by atoms with van der Waals surface area (Å²) in [5, 5.41) is 16.1. The predicted molar refractivity (Wildman–Crippen MR) is 78.6 cm³/mol. The van der Waals surface area contributed by atoms with Gasteiger partial charge in [-0.15, -0.1) is 0 Å². The lowest BCUT2D eigenvalue weighted by Gasteiger charge is -2.08. The summed E-state index contributed by atoms with van der Waals surface area (Å²) in [5.41, 5.74) is 1.61. The summed E-state index contributed by atoms with van der Waals surface area (Å²) in [6.07, 6.45) is 1.93. The topological polar surface area (TPSA) is 70.2 Å². The van der Waals surface area contributed by atoms with E-state index in [1.807, 2.05) is 31.4 Å². The van der Waals surface area contributed by atoms with Crippen molar-refractivity contribution < 1.29 is 9.66 Å². The van der Waals surface area contributed by atoms with Crippen LogP contribution in [0.15, 0.2) is 42.6 Å². The quantitative estimate of drug-likeness (QED) is 0.544. The number of ether oxygens (including phenoxy) is 1. The molecule has 2 aromatic carbocycles. The van der Waals surface area contributed by atoms with Gasteiger partial charge in [0.15, 0.2) is 0 Å². The Kier molecular flexibility index (Phi) is 3.06. The molecule has 3 aromatic rings. The van der Waals surface area contributed by atoms with Crippen LogP contribution in [-0.2, 0) is 7.05 Å². The second-order valence-corrected chi connectivity index (χ2v) is 4.83. The smallest absolute Gasteiger partial charge is 0.269 e. The van der Waals surface area contributed by atoms with E-state index >= 15 is 0 Å². The third-order valence-electron chi connectivity index (χ3n) is 3.19. The second-order valence-electron chi connectivity index (χ2n) is 4.83. The molecule has 21 heavy (non-hydrogen) atoms. The van der Waals surface area contributed by atoms with Crippen molar-refractivity contribution in [3.8, 4) is 11.5 Å². The molecule has 0 aliphatic heterocycles. The lowest BCUT2D eigenvalue weighted by atomic mass is 10.2. The second kappa shape index (κ2) is 4.90. The Morgan fingerprint density at radius 2 is 2.05 bits per heavy atom. The fraction of sp³-hybridized carbons (Fsp3) is 0.133. The minimum absolute atomic E-state index is 0.0556. The molecule has 0 spiro atoms. The molecule has 0 saturated carbocycles. The van der Waals surface area contributed by atoms with Crippen molar-refractivity contribution in [2.45, 2.75) is 6.92 Å². The minimum atomic E-state index is -0.420. The summed E-state index contributed by atoms with van der Waals surface area (Å²) < 4.78 is 7.53. The SMILES string of the molecule is Cc1cc([N+](=O)[O-])ccc1Oc1ccc2cn(C)nc2c1. The van der Waals surface area contributed by atoms with E-state index in [0.29, 0.717) is 17.1 Å². The maximum absolute atomic E-state index is 10.7. The number of nitro benzene ring substituents is 1. The van der Waals surface area contributed by atoms with Crippen molar-refractivity contribution in [2.24, 2.45) is 7.05 Å². The first kappa shape index (κ1) is 13.1. The Morgan fingerprint density at radius 1 is 1.24 bits per heavy atom. The van der Waals surface area contributed by atoms with Crippen LogP contribution in [0.5, 0.6) is 11.5 Å². The zero-order valence-corrected chi connectivity index (χ0v) is 11.6. The van der Waals surface area contributed by atoms with E-state index < -0.39 is 4.92 Å². The Bertz CT molecular complexity index is 839. The number of aromatic nitrogens is 2. The molecule has 6 heteroatoms. The van der Waals surface area contributed by atoms with Crippen LogP contribution in [0.1, 0.15) is 5.56 Å². The van der Waals surface area contributed by atoms with Crippen molar-refractivity contribution >= 4 is 16.6 Å². The number of nitrogens with zero attached hydrogens (tertiary/aromatic N) is 3. The van der Waals surface area contributed by atoms with Gasteiger partial charge in [0.25, 0.3) is 5.69 Å². The van der Waals surface area contributed by atoms with Crippen LogP contribution < -0.4 is 4.74 Å². The molecule has 0 N–H and O–H groups in total. The fourth-order valence-electron chi connectivity index (χ4n) is 2.17. The first-order valence-corrected chi connectivity index (χ1v) is 6.39. The van der Waals surface area contributed by atoms with Crippen molar-refractivity contribution in [1.82, 2.24) is 9.78 Å². The molecule has 3 rings (SSSR count). The van der Waals surface area contributed by atoms with Crippen molar-refractivity contribution in [3.63, 3.8) is 0 Å². The van der Waals surface area contributed by atoms with Crippen molar-refractivity contribution in [2.75, 3.05) is 0 Å². The molecular formula is C15H13N3O3. The largest absolute Gasteiger partial charge is 0.457 e. The Balaban J connectivity index is 1.92. The molecule has 6 nitrogen and oxygen atoms in total. The monoisotopic (exact) mass is 283 g/mol. The number of hydrogen-bond acceptors (Lipinski definition) is 4. The van der Waals surface area contributed by atoms with Crippen LogP contribution in [0.3, 0.4) is 0 Å². The number of rotatable bonds is 3. The summed E-state index contributed by atoms with van der Waals surface area (Å²) in [6.45, 7) is 1.78. The maximum atomic E-state index is 10.7. The lowest BCUT2D eigenvalue weighted by Crippen LogP contribution is -1.92. The Labute approximate surface area is 120 Å². The summed E-state index contributed by atoms with van der Waals surface area (Å²) in [6, 6.07) is 10.2. The van der Waals surface area contributed by atoms with Gasteiger partial charge in [-0.1, -0.05) is 0 Å². The van der Waals surface area contributed by atoms with Gasteiger partial charge >= 0.3 is 0 Å². The molecule has 0 atom stereocenters. The number of nitro groups is 1. The van der Waals surface area contributed by atoms with E-state index in [0.717, 1.165) is 10.9 Å². The van der Waals surface area contributed by atoms with Crippen LogP contribution in [0.2, 0.25) is 0 Å². The van der Waals surface area contributed by atoms with Crippen LogP contribution in [0.25, 0.3) is 10.9 Å². The average Bonchev–Trinajstić information content (AvgIpc) is 2.80. The zero-order chi connectivity index (χ0) is 15.0. The van der Waals surface area contributed by atoms with Crippen LogP contribution >= 0.6 is 0 Å².